The van der Waals surface area contributed by atoms with Crippen LogP contribution in [0, 0.1) is 11.6 Å². The van der Waals surface area contributed by atoms with Gasteiger partial charge in [-0.3, -0.25) is 4.79 Å². The minimum absolute atomic E-state index is 0.122. The van der Waals surface area contributed by atoms with Gasteiger partial charge in [-0.25, -0.2) is 18.4 Å². The molecule has 2 aromatic rings. The highest BCUT2D eigenvalue weighted by Crippen LogP contribution is 2.29. The van der Waals surface area contributed by atoms with Crippen molar-refractivity contribution in [3.63, 3.8) is 0 Å². The van der Waals surface area contributed by atoms with Crippen LogP contribution in [0.15, 0.2) is 48.5 Å². The number of carbonyl (C=O) groups excluding carboxylic acids is 3. The SMILES string of the molecule is CC(C)(C)OC(=O)NCCCC(NC(=O)OC(C)(C)C)C(=O)NCCCC(c1ccc(F)cc1)c1ccc(F)cc1. The van der Waals surface area contributed by atoms with Crippen LogP contribution >= 0.6 is 0 Å². The molecule has 1 unspecified atom stereocenters. The third-order valence-corrected chi connectivity index (χ3v) is 5.86. The minimum atomic E-state index is -0.879. The van der Waals surface area contributed by atoms with Crippen molar-refractivity contribution in [1.82, 2.24) is 16.0 Å². The number of hydrogen-bond donors (Lipinski definition) is 3. The van der Waals surface area contributed by atoms with Gasteiger partial charge in [0, 0.05) is 19.0 Å². The van der Waals surface area contributed by atoms with Crippen LogP contribution in [0.5, 0.6) is 0 Å². The Hall–Kier alpha value is -3.69. The van der Waals surface area contributed by atoms with E-state index in [4.69, 9.17) is 9.47 Å². The fourth-order valence-electron chi connectivity index (χ4n) is 4.09. The number of nitrogens with one attached hydrogen (secondary N) is 3. The third kappa shape index (κ3) is 13.5. The Bertz CT molecular complexity index is 1080. The average molecular weight is 576 g/mol. The van der Waals surface area contributed by atoms with E-state index in [1.165, 1.54) is 24.3 Å². The lowest BCUT2D eigenvalue weighted by atomic mass is 9.87. The normalized spacial score (nSPS) is 12.4. The van der Waals surface area contributed by atoms with Crippen LogP contribution in [0.25, 0.3) is 0 Å². The highest BCUT2D eigenvalue weighted by Gasteiger charge is 2.24. The summed E-state index contributed by atoms with van der Waals surface area (Å²) in [4.78, 5) is 37.3. The van der Waals surface area contributed by atoms with E-state index in [0.29, 0.717) is 25.8 Å². The van der Waals surface area contributed by atoms with Crippen molar-refractivity contribution < 1.29 is 32.6 Å². The quantitative estimate of drug-likeness (QED) is 0.262. The predicted octanol–water partition coefficient (Wildman–Crippen LogP) is 6.19. The molecule has 0 spiro atoms. The first kappa shape index (κ1) is 33.5. The second-order valence-electron chi connectivity index (χ2n) is 11.9. The molecule has 0 heterocycles. The van der Waals surface area contributed by atoms with Gasteiger partial charge in [-0.2, -0.15) is 0 Å². The molecule has 0 aliphatic heterocycles. The third-order valence-electron chi connectivity index (χ3n) is 5.86. The zero-order chi connectivity index (χ0) is 30.6. The molecular weight excluding hydrogens is 532 g/mol. The van der Waals surface area contributed by atoms with E-state index in [9.17, 15) is 23.2 Å². The molecule has 0 aromatic heterocycles. The van der Waals surface area contributed by atoms with Crippen molar-refractivity contribution in [1.29, 1.82) is 0 Å². The van der Waals surface area contributed by atoms with Crippen molar-refractivity contribution >= 4 is 18.1 Å². The van der Waals surface area contributed by atoms with Crippen LogP contribution < -0.4 is 16.0 Å². The van der Waals surface area contributed by atoms with Gasteiger partial charge in [-0.15, -0.1) is 0 Å². The Morgan fingerprint density at radius 1 is 0.683 bits per heavy atom. The summed E-state index contributed by atoms with van der Waals surface area (Å²) in [7, 11) is 0. The summed E-state index contributed by atoms with van der Waals surface area (Å²) in [5, 5.41) is 8.13. The molecule has 10 heteroatoms. The van der Waals surface area contributed by atoms with Crippen molar-refractivity contribution in [2.75, 3.05) is 13.1 Å². The van der Waals surface area contributed by atoms with E-state index in [2.05, 4.69) is 16.0 Å². The van der Waals surface area contributed by atoms with Crippen molar-refractivity contribution in [3.05, 3.63) is 71.3 Å². The summed E-state index contributed by atoms with van der Waals surface area (Å²) in [5.41, 5.74) is 0.397. The second-order valence-corrected chi connectivity index (χ2v) is 11.9. The number of rotatable bonds is 12. The first-order valence-corrected chi connectivity index (χ1v) is 13.9. The fraction of sp³-hybridized carbons (Fsp3) is 0.516. The van der Waals surface area contributed by atoms with E-state index in [1.807, 2.05) is 0 Å². The van der Waals surface area contributed by atoms with Gasteiger partial charge >= 0.3 is 12.2 Å². The number of alkyl carbamates (subject to hydrolysis) is 2. The summed E-state index contributed by atoms with van der Waals surface area (Å²) in [6, 6.07) is 11.5. The van der Waals surface area contributed by atoms with Gasteiger partial charge in [0.1, 0.15) is 28.9 Å². The molecule has 3 amide bonds. The number of hydrogen-bond acceptors (Lipinski definition) is 5. The zero-order valence-electron chi connectivity index (χ0n) is 24.8. The lowest BCUT2D eigenvalue weighted by Crippen LogP contribution is -2.48. The first-order valence-electron chi connectivity index (χ1n) is 13.9. The standard InChI is InChI=1S/C31H43F2N3O5/c1-30(2,3)40-28(38)35-20-8-10-26(36-29(39)41-31(4,5)6)27(37)34-19-7-9-25(21-11-15-23(32)16-12-21)22-13-17-24(33)18-14-22/h11-18,25-26H,7-10,19-20H2,1-6H3,(H,34,37)(H,35,38)(H,36,39). The van der Waals surface area contributed by atoms with Gasteiger partial charge in [-0.1, -0.05) is 24.3 Å². The van der Waals surface area contributed by atoms with Gasteiger partial charge in [0.2, 0.25) is 5.91 Å². The molecule has 1 atom stereocenters. The molecule has 226 valence electrons. The maximum Gasteiger partial charge on any atom is 0.408 e. The smallest absolute Gasteiger partial charge is 0.408 e. The largest absolute Gasteiger partial charge is 0.444 e. The highest BCUT2D eigenvalue weighted by atomic mass is 19.1. The Labute approximate surface area is 241 Å². The van der Waals surface area contributed by atoms with E-state index in [0.717, 1.165) is 11.1 Å². The number of benzene rings is 2. The number of carbonyl (C=O) groups is 3. The molecule has 0 aliphatic rings. The van der Waals surface area contributed by atoms with Crippen molar-refractivity contribution in [2.24, 2.45) is 0 Å². The maximum atomic E-state index is 13.5. The van der Waals surface area contributed by atoms with Gasteiger partial charge in [0.15, 0.2) is 0 Å². The molecule has 2 rings (SSSR count). The summed E-state index contributed by atoms with van der Waals surface area (Å²) >= 11 is 0. The predicted molar refractivity (Wildman–Crippen MR) is 154 cm³/mol. The number of amides is 3. The lowest BCUT2D eigenvalue weighted by molar-refractivity contribution is -0.123. The Kier molecular flexibility index (Phi) is 12.5. The molecule has 0 fully saturated rings. The van der Waals surface area contributed by atoms with E-state index in [1.54, 1.807) is 65.8 Å². The van der Waals surface area contributed by atoms with Crippen LogP contribution in [-0.4, -0.2) is 48.4 Å². The molecule has 0 radical (unpaired) electrons. The first-order chi connectivity index (χ1) is 19.1. The van der Waals surface area contributed by atoms with Crippen molar-refractivity contribution in [3.8, 4) is 0 Å². The fourth-order valence-corrected chi connectivity index (χ4v) is 4.09. The van der Waals surface area contributed by atoms with Crippen LogP contribution in [0.2, 0.25) is 0 Å². The number of ether oxygens (including phenoxy) is 2. The highest BCUT2D eigenvalue weighted by molar-refractivity contribution is 5.85. The zero-order valence-corrected chi connectivity index (χ0v) is 24.8. The molecule has 0 saturated carbocycles. The Morgan fingerprint density at radius 3 is 1.61 bits per heavy atom. The van der Waals surface area contributed by atoms with Crippen LogP contribution in [0.1, 0.15) is 84.3 Å². The molecule has 0 bridgehead atoms. The monoisotopic (exact) mass is 575 g/mol. The average Bonchev–Trinajstić information content (AvgIpc) is 2.85. The topological polar surface area (TPSA) is 106 Å². The van der Waals surface area contributed by atoms with Gasteiger partial charge < -0.3 is 25.4 Å². The molecule has 0 saturated heterocycles. The van der Waals surface area contributed by atoms with Gasteiger partial charge in [-0.05, 0) is 103 Å². The molecule has 2 aromatic carbocycles. The summed E-state index contributed by atoms with van der Waals surface area (Å²) < 4.78 is 37.6. The molecule has 8 nitrogen and oxygen atoms in total. The minimum Gasteiger partial charge on any atom is -0.444 e. The van der Waals surface area contributed by atoms with Crippen molar-refractivity contribution in [2.45, 2.75) is 90.4 Å². The van der Waals surface area contributed by atoms with Crippen LogP contribution in [0.3, 0.4) is 0 Å². The Balaban J connectivity index is 1.97. The summed E-state index contributed by atoms with van der Waals surface area (Å²) in [5.74, 6) is -1.19. The van der Waals surface area contributed by atoms with E-state index >= 15 is 0 Å². The number of halogens is 2. The van der Waals surface area contributed by atoms with E-state index < -0.39 is 29.4 Å². The molecular formula is C31H43F2N3O5. The second kappa shape index (κ2) is 15.3. The lowest BCUT2D eigenvalue weighted by Gasteiger charge is -2.24. The summed E-state index contributed by atoms with van der Waals surface area (Å²) in [6.07, 6.45) is 0.575. The molecule has 41 heavy (non-hydrogen) atoms. The Morgan fingerprint density at radius 2 is 1.12 bits per heavy atom. The molecule has 0 aliphatic carbocycles. The van der Waals surface area contributed by atoms with Gasteiger partial charge in [0.25, 0.3) is 0 Å². The summed E-state index contributed by atoms with van der Waals surface area (Å²) in [6.45, 7) is 11.0. The van der Waals surface area contributed by atoms with E-state index in [-0.39, 0.29) is 36.4 Å². The molecule has 3 N–H and O–H groups in total. The van der Waals surface area contributed by atoms with Gasteiger partial charge in [0.05, 0.1) is 0 Å². The maximum absolute atomic E-state index is 13.5. The van der Waals surface area contributed by atoms with Crippen LogP contribution in [-0.2, 0) is 14.3 Å². The van der Waals surface area contributed by atoms with Crippen LogP contribution in [0.4, 0.5) is 18.4 Å².